The van der Waals surface area contributed by atoms with E-state index in [1.54, 1.807) is 35.7 Å². The summed E-state index contributed by atoms with van der Waals surface area (Å²) in [6, 6.07) is 15.4. The Labute approximate surface area is 243 Å². The van der Waals surface area contributed by atoms with Crippen molar-refractivity contribution in [1.29, 1.82) is 0 Å². The average Bonchev–Trinajstić information content (AvgIpc) is 3.67. The number of fused-ring (bicyclic) bond motifs is 1. The van der Waals surface area contributed by atoms with Gasteiger partial charge in [0.05, 0.1) is 17.1 Å². The molecule has 5 aromatic rings. The van der Waals surface area contributed by atoms with Crippen LogP contribution in [0.25, 0.3) is 33.6 Å². The molecule has 12 nitrogen and oxygen atoms in total. The van der Waals surface area contributed by atoms with Crippen LogP contribution in [0.2, 0.25) is 0 Å². The van der Waals surface area contributed by atoms with E-state index in [1.165, 1.54) is 29.5 Å². The molecule has 0 aliphatic carbocycles. The summed E-state index contributed by atoms with van der Waals surface area (Å²) in [5.41, 5.74) is 2.32. The smallest absolute Gasteiger partial charge is 0.433 e. The number of amides is 1. The minimum absolute atomic E-state index is 0.0790. The van der Waals surface area contributed by atoms with Crippen LogP contribution in [0, 0.1) is 10.1 Å². The molecule has 2 aromatic carbocycles. The van der Waals surface area contributed by atoms with E-state index in [4.69, 9.17) is 4.42 Å². The number of hydrogen-bond acceptors (Lipinski definition) is 11. The molecule has 0 radical (unpaired) electrons. The van der Waals surface area contributed by atoms with Gasteiger partial charge in [-0.25, -0.2) is 15.0 Å². The number of phenols is 1. The normalized spacial score (nSPS) is 14.1. The Bertz CT molecular complexity index is 1820. The molecule has 1 aliphatic rings. The first-order chi connectivity index (χ1) is 20.3. The summed E-state index contributed by atoms with van der Waals surface area (Å²) in [5.74, 6) is 0.0795. The number of nitrogens with zero attached hydrogens (tertiary/aromatic N) is 6. The minimum atomic E-state index is -0.613. The van der Waals surface area contributed by atoms with Crippen molar-refractivity contribution in [2.75, 3.05) is 43.4 Å². The summed E-state index contributed by atoms with van der Waals surface area (Å²) in [6.07, 6.45) is 3.09. The average molecular weight is 584 g/mol. The molecule has 4 heterocycles. The van der Waals surface area contributed by atoms with Gasteiger partial charge in [0.2, 0.25) is 0 Å². The van der Waals surface area contributed by atoms with Crippen LogP contribution in [0.1, 0.15) is 22.1 Å². The fourth-order valence-electron chi connectivity index (χ4n) is 4.58. The first kappa shape index (κ1) is 27.1. The highest BCUT2D eigenvalue weighted by Crippen LogP contribution is 2.32. The van der Waals surface area contributed by atoms with Crippen LogP contribution in [-0.4, -0.2) is 69.0 Å². The monoisotopic (exact) mass is 583 g/mol. The Morgan fingerprint density at radius 2 is 1.88 bits per heavy atom. The van der Waals surface area contributed by atoms with Crippen LogP contribution in [0.4, 0.5) is 17.4 Å². The number of phenolic OH excluding ortho intramolecular Hbond substituents is 1. The highest BCUT2D eigenvalue weighted by Gasteiger charge is 2.19. The number of nitrogens with one attached hydrogen (secondary N) is 1. The molecule has 212 valence electrons. The minimum Gasteiger partial charge on any atom is -0.507 e. The quantitative estimate of drug-likeness (QED) is 0.195. The largest absolute Gasteiger partial charge is 0.507 e. The van der Waals surface area contributed by atoms with Crippen LogP contribution in [0.3, 0.4) is 0 Å². The van der Waals surface area contributed by atoms with E-state index < -0.39 is 10.8 Å². The maximum absolute atomic E-state index is 13.4. The van der Waals surface area contributed by atoms with Crippen LogP contribution in [0.5, 0.6) is 5.75 Å². The van der Waals surface area contributed by atoms with E-state index in [9.17, 15) is 20.0 Å². The highest BCUT2D eigenvalue weighted by atomic mass is 32.1. The molecule has 3 aromatic heterocycles. The molecule has 1 amide bonds. The van der Waals surface area contributed by atoms with Crippen molar-refractivity contribution in [3.63, 3.8) is 0 Å². The lowest BCUT2D eigenvalue weighted by Gasteiger charge is -2.34. The fourth-order valence-corrected chi connectivity index (χ4v) is 5.41. The molecule has 2 N–H and O–H groups in total. The number of aromatic nitrogens is 3. The van der Waals surface area contributed by atoms with Gasteiger partial charge < -0.3 is 24.6 Å². The van der Waals surface area contributed by atoms with Gasteiger partial charge >= 0.3 is 5.88 Å². The van der Waals surface area contributed by atoms with E-state index in [2.05, 4.69) is 37.1 Å². The molecule has 0 unspecified atom stereocenters. The molecule has 13 heteroatoms. The molecule has 0 bridgehead atoms. The summed E-state index contributed by atoms with van der Waals surface area (Å²) in [7, 11) is 2.10. The summed E-state index contributed by atoms with van der Waals surface area (Å²) < 4.78 is 5.20. The van der Waals surface area contributed by atoms with Crippen molar-refractivity contribution in [2.45, 2.75) is 0 Å². The molecule has 6 rings (SSSR count). The van der Waals surface area contributed by atoms with Crippen molar-refractivity contribution in [3.8, 4) is 16.3 Å². The molecule has 0 saturated carbocycles. The van der Waals surface area contributed by atoms with E-state index in [0.717, 1.165) is 31.9 Å². The van der Waals surface area contributed by atoms with E-state index in [-0.39, 0.29) is 28.9 Å². The summed E-state index contributed by atoms with van der Waals surface area (Å²) in [6.45, 7) is 3.62. The third-order valence-electron chi connectivity index (χ3n) is 6.86. The number of nitro groups is 1. The molecule has 0 spiro atoms. The van der Waals surface area contributed by atoms with Crippen LogP contribution < -0.4 is 10.2 Å². The predicted molar refractivity (Wildman–Crippen MR) is 161 cm³/mol. The van der Waals surface area contributed by atoms with Gasteiger partial charge in [0, 0.05) is 42.6 Å². The van der Waals surface area contributed by atoms with Gasteiger partial charge in [0.1, 0.15) is 33.0 Å². The van der Waals surface area contributed by atoms with Crippen LogP contribution >= 0.6 is 11.3 Å². The lowest BCUT2D eigenvalue weighted by Crippen LogP contribution is -2.44. The number of benzene rings is 2. The summed E-state index contributed by atoms with van der Waals surface area (Å²) in [5, 5.41) is 26.8. The standard InChI is InChI=1S/C29H25N7O5S/c1-34-12-14-35(15-13-34)18-6-9-22-21(16-18)27(32-25(30-22)10-7-19-8-11-26(41-19)36(39)40)33-28(38)23-17-42-29(31-23)20-4-2-3-5-24(20)37/h2-11,16-17,37H,12-15H2,1H3,(H,30,32,33,38)/b10-7+. The second kappa shape index (κ2) is 11.4. The van der Waals surface area contributed by atoms with Gasteiger partial charge in [-0.2, -0.15) is 0 Å². The van der Waals surface area contributed by atoms with E-state index in [0.29, 0.717) is 27.3 Å². The number of anilines is 2. The lowest BCUT2D eigenvalue weighted by molar-refractivity contribution is -0.402. The Kier molecular flexibility index (Phi) is 7.33. The molecule has 0 atom stereocenters. The maximum atomic E-state index is 13.4. The number of furan rings is 1. The Morgan fingerprint density at radius 3 is 2.64 bits per heavy atom. The van der Waals surface area contributed by atoms with Gasteiger partial charge in [-0.3, -0.25) is 14.9 Å². The molecule has 42 heavy (non-hydrogen) atoms. The number of aromatic hydroxyl groups is 1. The number of likely N-dealkylation sites (N-methyl/N-ethyl adjacent to an activating group) is 1. The van der Waals surface area contributed by atoms with Crippen LogP contribution in [0.15, 0.2) is 64.4 Å². The van der Waals surface area contributed by atoms with Crippen molar-refractivity contribution in [3.05, 3.63) is 87.4 Å². The lowest BCUT2D eigenvalue weighted by atomic mass is 10.1. The number of hydrogen-bond donors (Lipinski definition) is 2. The van der Waals surface area contributed by atoms with Gasteiger partial charge in [-0.05, 0) is 55.6 Å². The second-order valence-corrected chi connectivity index (χ2v) is 10.6. The van der Waals surface area contributed by atoms with Gasteiger partial charge in [-0.15, -0.1) is 11.3 Å². The molecular formula is C29H25N7O5S. The zero-order valence-electron chi connectivity index (χ0n) is 22.4. The molecular weight excluding hydrogens is 558 g/mol. The number of carbonyl (C=O) groups is 1. The molecule has 1 fully saturated rings. The zero-order valence-corrected chi connectivity index (χ0v) is 23.2. The number of thiazole rings is 1. The van der Waals surface area contributed by atoms with Crippen molar-refractivity contribution >= 4 is 57.7 Å². The van der Waals surface area contributed by atoms with Crippen molar-refractivity contribution < 1.29 is 19.2 Å². The second-order valence-electron chi connectivity index (χ2n) is 9.70. The Hall–Kier alpha value is -5.14. The van der Waals surface area contributed by atoms with Crippen molar-refractivity contribution in [1.82, 2.24) is 19.9 Å². The van der Waals surface area contributed by atoms with E-state index >= 15 is 0 Å². The summed E-state index contributed by atoms with van der Waals surface area (Å²) in [4.78, 5) is 41.9. The van der Waals surface area contributed by atoms with Gasteiger partial charge in [0.15, 0.2) is 5.82 Å². The SMILES string of the molecule is CN1CCN(c2ccc3nc(/C=C/c4ccc([N+](=O)[O-])o4)nc(NC(=O)c4csc(-c5ccccc5O)n4)c3c2)CC1. The number of para-hydroxylation sites is 1. The first-order valence-electron chi connectivity index (χ1n) is 13.1. The number of carbonyl (C=O) groups excluding carboxylic acids is 1. The number of piperazine rings is 1. The van der Waals surface area contributed by atoms with Gasteiger partial charge in [-0.1, -0.05) is 12.1 Å². The van der Waals surface area contributed by atoms with Crippen LogP contribution in [-0.2, 0) is 0 Å². The van der Waals surface area contributed by atoms with E-state index in [1.807, 2.05) is 18.2 Å². The Morgan fingerprint density at radius 1 is 1.07 bits per heavy atom. The topological polar surface area (TPSA) is 151 Å². The fraction of sp³-hybridized carbons (Fsp3) is 0.172. The number of rotatable bonds is 7. The van der Waals surface area contributed by atoms with Crippen molar-refractivity contribution in [2.24, 2.45) is 0 Å². The highest BCUT2D eigenvalue weighted by molar-refractivity contribution is 7.13. The third-order valence-corrected chi connectivity index (χ3v) is 7.73. The maximum Gasteiger partial charge on any atom is 0.433 e. The Balaban J connectivity index is 1.34. The first-order valence-corrected chi connectivity index (χ1v) is 13.9. The zero-order chi connectivity index (χ0) is 29.2. The molecule has 1 saturated heterocycles. The predicted octanol–water partition coefficient (Wildman–Crippen LogP) is 5.13. The molecule has 1 aliphatic heterocycles. The summed E-state index contributed by atoms with van der Waals surface area (Å²) >= 11 is 1.25. The third kappa shape index (κ3) is 5.68. The van der Waals surface area contributed by atoms with Gasteiger partial charge in [0.25, 0.3) is 5.91 Å².